The largest absolute Gasteiger partial charge is 0.370 e. The Morgan fingerprint density at radius 1 is 1.10 bits per heavy atom. The van der Waals surface area contributed by atoms with Gasteiger partial charge in [-0.3, -0.25) is 9.59 Å². The van der Waals surface area contributed by atoms with Crippen LogP contribution in [-0.4, -0.2) is 28.4 Å². The van der Waals surface area contributed by atoms with Crippen molar-refractivity contribution < 1.29 is 14.7 Å². The van der Waals surface area contributed by atoms with Gasteiger partial charge in [-0.1, -0.05) is 64.1 Å². The number of benzene rings is 3. The van der Waals surface area contributed by atoms with E-state index in [2.05, 4.69) is 60.5 Å². The van der Waals surface area contributed by atoms with Crippen molar-refractivity contribution in [1.29, 1.82) is 5.26 Å². The summed E-state index contributed by atoms with van der Waals surface area (Å²) in [4.78, 5) is 26.5. The second-order valence-electron chi connectivity index (χ2n) is 9.25. The normalized spacial score (nSPS) is 20.5. The zero-order chi connectivity index (χ0) is 28.2. The van der Waals surface area contributed by atoms with Crippen LogP contribution in [0.25, 0.3) is 0 Å². The van der Waals surface area contributed by atoms with Gasteiger partial charge in [-0.05, 0) is 84.0 Å². The van der Waals surface area contributed by atoms with Crippen LogP contribution in [0.15, 0.2) is 87.9 Å². The van der Waals surface area contributed by atoms with E-state index in [0.29, 0.717) is 16.4 Å². The lowest BCUT2D eigenvalue weighted by molar-refractivity contribution is -0.132. The Labute approximate surface area is 253 Å². The van der Waals surface area contributed by atoms with E-state index in [0.717, 1.165) is 30.9 Å². The third kappa shape index (κ3) is 6.84. The van der Waals surface area contributed by atoms with Crippen LogP contribution in [0.1, 0.15) is 24.0 Å². The molecule has 0 radical (unpaired) electrons. The summed E-state index contributed by atoms with van der Waals surface area (Å²) in [7, 11) is 0. The summed E-state index contributed by atoms with van der Waals surface area (Å²) in [5, 5.41) is 31.1. The molecule has 3 atom stereocenters. The van der Waals surface area contributed by atoms with Crippen molar-refractivity contribution in [2.45, 2.75) is 25.5 Å². The van der Waals surface area contributed by atoms with Gasteiger partial charge in [-0.25, -0.2) is 0 Å². The molecule has 4 rings (SSSR count). The van der Waals surface area contributed by atoms with Crippen molar-refractivity contribution >= 4 is 73.5 Å². The summed E-state index contributed by atoms with van der Waals surface area (Å²) in [6.45, 7) is 3.41. The van der Waals surface area contributed by atoms with E-state index in [1.807, 2.05) is 61.5 Å². The molecule has 0 unspecified atom stereocenters. The van der Waals surface area contributed by atoms with Crippen LogP contribution in [0.5, 0.6) is 0 Å². The zero-order valence-electron chi connectivity index (χ0n) is 21.2. The monoisotopic (exact) mass is 716 g/mol. The number of aliphatic hydroxyl groups is 1. The standard InChI is InChI=1S/C29H26BrIN4O3S/c1-17-7-3-6-10-23(17)34-27(37)26-25(20-8-4-5-9-22(20)31)21(15-32)28(35-29(26,2)38)39-16-24(36)33-19-13-11-18(30)12-14-19/h3-14,25-26,35,38H,16H2,1-2H3,(H,33,36)(H,34,37)/t25-,26-,29+/m1/s1. The lowest BCUT2D eigenvalue weighted by Crippen LogP contribution is -2.57. The molecule has 4 N–H and O–H groups in total. The van der Waals surface area contributed by atoms with Gasteiger partial charge in [0.2, 0.25) is 11.8 Å². The molecule has 0 fully saturated rings. The Morgan fingerprint density at radius 2 is 1.77 bits per heavy atom. The van der Waals surface area contributed by atoms with E-state index in [4.69, 9.17) is 0 Å². The Balaban J connectivity index is 1.68. The number of hydrogen-bond acceptors (Lipinski definition) is 6. The Bertz CT molecular complexity index is 1470. The Kier molecular flexibility index (Phi) is 9.38. The maximum Gasteiger partial charge on any atom is 0.234 e. The first-order valence-electron chi connectivity index (χ1n) is 12.0. The molecular weight excluding hydrogens is 691 g/mol. The fraction of sp³-hybridized carbons (Fsp3) is 0.207. The summed E-state index contributed by atoms with van der Waals surface area (Å²) in [5.41, 5.74) is 1.47. The fourth-order valence-corrected chi connectivity index (χ4v) is 6.44. The van der Waals surface area contributed by atoms with Crippen molar-refractivity contribution in [3.05, 3.63) is 103 Å². The lowest BCUT2D eigenvalue weighted by atomic mass is 9.73. The molecule has 200 valence electrons. The van der Waals surface area contributed by atoms with Crippen molar-refractivity contribution in [2.75, 3.05) is 16.4 Å². The summed E-state index contributed by atoms with van der Waals surface area (Å²) < 4.78 is 1.76. The van der Waals surface area contributed by atoms with Crippen LogP contribution in [0.4, 0.5) is 11.4 Å². The van der Waals surface area contributed by atoms with Gasteiger partial charge in [0.25, 0.3) is 0 Å². The fourth-order valence-electron chi connectivity index (χ4n) is 4.50. The maximum absolute atomic E-state index is 13.8. The van der Waals surface area contributed by atoms with Gasteiger partial charge in [0.15, 0.2) is 0 Å². The third-order valence-electron chi connectivity index (χ3n) is 6.38. The number of aryl methyl sites for hydroxylation is 1. The zero-order valence-corrected chi connectivity index (χ0v) is 25.7. The molecule has 3 aromatic carbocycles. The number of amides is 2. The number of para-hydroxylation sites is 1. The van der Waals surface area contributed by atoms with Gasteiger partial charge in [-0.2, -0.15) is 5.26 Å². The first-order valence-corrected chi connectivity index (χ1v) is 14.9. The van der Waals surface area contributed by atoms with Gasteiger partial charge in [0.05, 0.1) is 28.3 Å². The summed E-state index contributed by atoms with van der Waals surface area (Å²) in [6, 6.07) is 24.4. The molecule has 0 bridgehead atoms. The minimum Gasteiger partial charge on any atom is -0.370 e. The molecule has 0 aromatic heterocycles. The Hall–Kier alpha value is -2.85. The predicted molar refractivity (Wildman–Crippen MR) is 167 cm³/mol. The highest BCUT2D eigenvalue weighted by atomic mass is 127. The number of nitriles is 1. The summed E-state index contributed by atoms with van der Waals surface area (Å²) in [5.74, 6) is -2.47. The number of nitrogens with zero attached hydrogens (tertiary/aromatic N) is 1. The highest BCUT2D eigenvalue weighted by Crippen LogP contribution is 2.46. The third-order valence-corrected chi connectivity index (χ3v) is 8.91. The smallest absolute Gasteiger partial charge is 0.234 e. The van der Waals surface area contributed by atoms with E-state index >= 15 is 0 Å². The Morgan fingerprint density at radius 3 is 2.44 bits per heavy atom. The highest BCUT2D eigenvalue weighted by Gasteiger charge is 2.50. The van der Waals surface area contributed by atoms with Crippen molar-refractivity contribution in [3.63, 3.8) is 0 Å². The molecule has 7 nitrogen and oxygen atoms in total. The van der Waals surface area contributed by atoms with Crippen LogP contribution in [-0.2, 0) is 9.59 Å². The number of carbonyl (C=O) groups excluding carboxylic acids is 2. The van der Waals surface area contributed by atoms with E-state index in [-0.39, 0.29) is 17.2 Å². The number of rotatable bonds is 7. The predicted octanol–water partition coefficient (Wildman–Crippen LogP) is 6.12. The van der Waals surface area contributed by atoms with E-state index in [9.17, 15) is 20.0 Å². The molecule has 2 amide bonds. The first kappa shape index (κ1) is 29.1. The van der Waals surface area contributed by atoms with Crippen molar-refractivity contribution in [2.24, 2.45) is 5.92 Å². The van der Waals surface area contributed by atoms with Crippen LogP contribution < -0.4 is 16.0 Å². The number of carbonyl (C=O) groups is 2. The van der Waals surface area contributed by atoms with E-state index in [1.165, 1.54) is 6.92 Å². The van der Waals surface area contributed by atoms with Gasteiger partial charge in [-0.15, -0.1) is 0 Å². The van der Waals surface area contributed by atoms with Gasteiger partial charge in [0, 0.05) is 25.3 Å². The average molecular weight is 717 g/mol. The van der Waals surface area contributed by atoms with E-state index in [1.54, 1.807) is 18.2 Å². The SMILES string of the molecule is Cc1ccccc1NC(=O)[C@H]1[C@H](c2ccccc2I)C(C#N)=C(SCC(=O)Nc2ccc(Br)cc2)N[C@@]1(C)O. The molecule has 1 heterocycles. The molecular formula is C29H26BrIN4O3S. The topological polar surface area (TPSA) is 114 Å². The minimum atomic E-state index is -1.72. The van der Waals surface area contributed by atoms with Crippen molar-refractivity contribution in [3.8, 4) is 6.07 Å². The van der Waals surface area contributed by atoms with Crippen LogP contribution in [0.2, 0.25) is 0 Å². The number of anilines is 2. The molecule has 0 spiro atoms. The number of allylic oxidation sites excluding steroid dienone is 1. The summed E-state index contributed by atoms with van der Waals surface area (Å²) >= 11 is 6.67. The number of thioether (sulfide) groups is 1. The van der Waals surface area contributed by atoms with Crippen LogP contribution in [0, 0.1) is 27.7 Å². The van der Waals surface area contributed by atoms with Gasteiger partial charge < -0.3 is 21.1 Å². The molecule has 0 aliphatic carbocycles. The average Bonchev–Trinajstić information content (AvgIpc) is 2.89. The lowest BCUT2D eigenvalue weighted by Gasteiger charge is -2.43. The number of halogens is 2. The second-order valence-corrected chi connectivity index (χ2v) is 12.3. The quantitative estimate of drug-likeness (QED) is 0.219. The molecule has 39 heavy (non-hydrogen) atoms. The van der Waals surface area contributed by atoms with Gasteiger partial charge in [0.1, 0.15) is 5.72 Å². The van der Waals surface area contributed by atoms with E-state index < -0.39 is 23.5 Å². The molecule has 1 aliphatic rings. The first-order chi connectivity index (χ1) is 18.6. The van der Waals surface area contributed by atoms with Crippen LogP contribution >= 0.6 is 50.3 Å². The van der Waals surface area contributed by atoms with Crippen LogP contribution in [0.3, 0.4) is 0 Å². The van der Waals surface area contributed by atoms with Crippen molar-refractivity contribution in [1.82, 2.24) is 5.32 Å². The minimum absolute atomic E-state index is 0.00165. The molecule has 0 saturated heterocycles. The number of nitrogens with one attached hydrogen (secondary N) is 3. The molecule has 3 aromatic rings. The second kappa shape index (κ2) is 12.6. The molecule has 0 saturated carbocycles. The highest BCUT2D eigenvalue weighted by molar-refractivity contribution is 14.1. The summed E-state index contributed by atoms with van der Waals surface area (Å²) in [6.07, 6.45) is 0. The van der Waals surface area contributed by atoms with Gasteiger partial charge >= 0.3 is 0 Å². The molecule has 1 aliphatic heterocycles. The number of hydrogen-bond donors (Lipinski definition) is 4. The maximum atomic E-state index is 13.8. The molecule has 10 heteroatoms.